The summed E-state index contributed by atoms with van der Waals surface area (Å²) in [4.78, 5) is 27.4. The van der Waals surface area contributed by atoms with Gasteiger partial charge >= 0.3 is 12.0 Å². The van der Waals surface area contributed by atoms with Crippen molar-refractivity contribution >= 4 is 12.0 Å². The Balaban J connectivity index is 2.02. The van der Waals surface area contributed by atoms with Crippen molar-refractivity contribution < 1.29 is 19.4 Å². The lowest BCUT2D eigenvalue weighted by Gasteiger charge is -2.36. The summed E-state index contributed by atoms with van der Waals surface area (Å²) in [5, 5.41) is 9.28. The van der Waals surface area contributed by atoms with Crippen LogP contribution in [0.15, 0.2) is 0 Å². The van der Waals surface area contributed by atoms with Gasteiger partial charge in [0.15, 0.2) is 0 Å². The molecule has 1 saturated heterocycles. The van der Waals surface area contributed by atoms with Crippen LogP contribution in [-0.4, -0.2) is 66.3 Å². The highest BCUT2D eigenvalue weighted by Gasteiger charge is 2.40. The number of ether oxygens (including phenoxy) is 1. The average Bonchev–Trinajstić information content (AvgIpc) is 2.88. The topological polar surface area (TPSA) is 70.1 Å². The number of hydrogen-bond donors (Lipinski definition) is 1. The second-order valence-corrected chi connectivity index (χ2v) is 6.20. The van der Waals surface area contributed by atoms with E-state index in [4.69, 9.17) is 4.74 Å². The van der Waals surface area contributed by atoms with Gasteiger partial charge in [0.25, 0.3) is 0 Å². The van der Waals surface area contributed by atoms with Gasteiger partial charge in [-0.15, -0.1) is 0 Å². The molecular weight excluding hydrogens is 272 g/mol. The van der Waals surface area contributed by atoms with E-state index in [0.29, 0.717) is 19.1 Å². The predicted molar refractivity (Wildman–Crippen MR) is 78.1 cm³/mol. The molecule has 21 heavy (non-hydrogen) atoms. The fraction of sp³-hybridized carbons (Fsp3) is 0.867. The molecule has 0 radical (unpaired) electrons. The van der Waals surface area contributed by atoms with Crippen molar-refractivity contribution in [3.63, 3.8) is 0 Å². The Morgan fingerprint density at radius 3 is 2.52 bits per heavy atom. The van der Waals surface area contributed by atoms with E-state index in [-0.39, 0.29) is 18.7 Å². The van der Waals surface area contributed by atoms with E-state index < -0.39 is 11.9 Å². The molecule has 1 N–H and O–H groups in total. The van der Waals surface area contributed by atoms with E-state index in [0.717, 1.165) is 13.0 Å². The van der Waals surface area contributed by atoms with Gasteiger partial charge in [-0.25, -0.2) is 4.79 Å². The van der Waals surface area contributed by atoms with Gasteiger partial charge in [-0.2, -0.15) is 0 Å². The molecule has 1 saturated carbocycles. The van der Waals surface area contributed by atoms with E-state index in [1.807, 2.05) is 14.0 Å². The van der Waals surface area contributed by atoms with Crippen LogP contribution in [-0.2, 0) is 9.53 Å². The van der Waals surface area contributed by atoms with Crippen molar-refractivity contribution in [1.82, 2.24) is 9.80 Å². The number of urea groups is 1. The van der Waals surface area contributed by atoms with Crippen molar-refractivity contribution in [3.8, 4) is 0 Å². The van der Waals surface area contributed by atoms with Gasteiger partial charge in [-0.3, -0.25) is 4.79 Å². The first kappa shape index (κ1) is 16.1. The number of aliphatic carboxylic acids is 1. The first-order chi connectivity index (χ1) is 10.0. The number of hydrogen-bond acceptors (Lipinski definition) is 3. The van der Waals surface area contributed by atoms with Gasteiger partial charge < -0.3 is 19.6 Å². The zero-order valence-corrected chi connectivity index (χ0v) is 13.0. The molecule has 0 spiro atoms. The third-order valence-corrected chi connectivity index (χ3v) is 4.56. The summed E-state index contributed by atoms with van der Waals surface area (Å²) in [7, 11) is 1.81. The van der Waals surface area contributed by atoms with Crippen LogP contribution in [0.25, 0.3) is 0 Å². The van der Waals surface area contributed by atoms with Crippen LogP contribution in [0.5, 0.6) is 0 Å². The highest BCUT2D eigenvalue weighted by atomic mass is 16.5. The highest BCUT2D eigenvalue weighted by Crippen LogP contribution is 2.28. The molecule has 6 nitrogen and oxygen atoms in total. The maximum Gasteiger partial charge on any atom is 0.320 e. The van der Waals surface area contributed by atoms with E-state index in [9.17, 15) is 14.7 Å². The number of carbonyl (C=O) groups excluding carboxylic acids is 1. The minimum Gasteiger partial charge on any atom is -0.481 e. The molecule has 0 aromatic carbocycles. The SMILES string of the molecule is CCCN(C(=O)N(C)CC1CCC1)C1COCC1C(=O)O. The van der Waals surface area contributed by atoms with Crippen LogP contribution in [0.1, 0.15) is 32.6 Å². The van der Waals surface area contributed by atoms with Crippen molar-refractivity contribution in [2.45, 2.75) is 38.6 Å². The lowest BCUT2D eigenvalue weighted by atomic mass is 9.85. The lowest BCUT2D eigenvalue weighted by Crippen LogP contribution is -2.52. The normalized spacial score (nSPS) is 25.4. The second kappa shape index (κ2) is 7.11. The summed E-state index contributed by atoms with van der Waals surface area (Å²) in [6, 6.07) is -0.413. The van der Waals surface area contributed by atoms with Gasteiger partial charge in [0.05, 0.1) is 19.3 Å². The fourth-order valence-corrected chi connectivity index (χ4v) is 3.09. The summed E-state index contributed by atoms with van der Waals surface area (Å²) in [5.41, 5.74) is 0. The molecular formula is C15H26N2O4. The summed E-state index contributed by atoms with van der Waals surface area (Å²) in [6.07, 6.45) is 4.44. The average molecular weight is 298 g/mol. The molecule has 2 aliphatic rings. The third kappa shape index (κ3) is 3.67. The van der Waals surface area contributed by atoms with E-state index in [1.165, 1.54) is 19.3 Å². The van der Waals surface area contributed by atoms with Crippen LogP contribution in [0.4, 0.5) is 4.79 Å². The zero-order chi connectivity index (χ0) is 15.4. The fourth-order valence-electron chi connectivity index (χ4n) is 3.09. The Bertz CT molecular complexity index is 384. The van der Waals surface area contributed by atoms with Crippen molar-refractivity contribution in [3.05, 3.63) is 0 Å². The molecule has 2 fully saturated rings. The minimum absolute atomic E-state index is 0.0644. The molecule has 0 aromatic heterocycles. The quantitative estimate of drug-likeness (QED) is 0.809. The van der Waals surface area contributed by atoms with Crippen LogP contribution < -0.4 is 0 Å². The molecule has 1 aliphatic heterocycles. The van der Waals surface area contributed by atoms with Gasteiger partial charge in [0, 0.05) is 20.1 Å². The number of rotatable bonds is 6. The Kier molecular flexibility index (Phi) is 5.45. The third-order valence-electron chi connectivity index (χ3n) is 4.56. The van der Waals surface area contributed by atoms with Gasteiger partial charge in [0.1, 0.15) is 5.92 Å². The number of carboxylic acids is 1. The second-order valence-electron chi connectivity index (χ2n) is 6.20. The Morgan fingerprint density at radius 1 is 1.29 bits per heavy atom. The van der Waals surface area contributed by atoms with Crippen LogP contribution in [0.2, 0.25) is 0 Å². The van der Waals surface area contributed by atoms with Crippen molar-refractivity contribution in [2.24, 2.45) is 11.8 Å². The summed E-state index contributed by atoms with van der Waals surface area (Å²) in [6.45, 7) is 3.85. The Labute approximate surface area is 126 Å². The van der Waals surface area contributed by atoms with Gasteiger partial charge in [-0.1, -0.05) is 13.3 Å². The maximum atomic E-state index is 12.7. The summed E-state index contributed by atoms with van der Waals surface area (Å²) < 4.78 is 5.31. The predicted octanol–water partition coefficient (Wildman–Crippen LogP) is 1.65. The van der Waals surface area contributed by atoms with E-state index in [1.54, 1.807) is 9.80 Å². The molecule has 2 unspecified atom stereocenters. The number of carboxylic acid groups (broad SMARTS) is 1. The summed E-state index contributed by atoms with van der Waals surface area (Å²) >= 11 is 0. The summed E-state index contributed by atoms with van der Waals surface area (Å²) in [5.74, 6) is -0.886. The molecule has 2 atom stereocenters. The molecule has 0 aromatic rings. The molecule has 0 bridgehead atoms. The first-order valence-electron chi connectivity index (χ1n) is 7.86. The Hall–Kier alpha value is -1.30. The largest absolute Gasteiger partial charge is 0.481 e. The minimum atomic E-state index is -0.881. The van der Waals surface area contributed by atoms with Crippen molar-refractivity contribution in [2.75, 3.05) is 33.4 Å². The van der Waals surface area contributed by atoms with Crippen LogP contribution in [0.3, 0.4) is 0 Å². The zero-order valence-electron chi connectivity index (χ0n) is 13.0. The number of nitrogens with zero attached hydrogens (tertiary/aromatic N) is 2. The molecule has 2 amide bonds. The van der Waals surface area contributed by atoms with Crippen LogP contribution in [0, 0.1) is 11.8 Å². The molecule has 1 aliphatic carbocycles. The standard InChI is InChI=1S/C15H26N2O4/c1-3-7-17(13-10-21-9-12(13)14(18)19)15(20)16(2)8-11-5-4-6-11/h11-13H,3-10H2,1-2H3,(H,18,19). The first-order valence-corrected chi connectivity index (χ1v) is 7.86. The number of amides is 2. The van der Waals surface area contributed by atoms with Gasteiger partial charge in [-0.05, 0) is 25.2 Å². The maximum absolute atomic E-state index is 12.7. The van der Waals surface area contributed by atoms with Crippen molar-refractivity contribution in [1.29, 1.82) is 0 Å². The van der Waals surface area contributed by atoms with Crippen LogP contribution >= 0.6 is 0 Å². The molecule has 2 rings (SSSR count). The monoisotopic (exact) mass is 298 g/mol. The highest BCUT2D eigenvalue weighted by molar-refractivity contribution is 5.77. The molecule has 1 heterocycles. The smallest absolute Gasteiger partial charge is 0.320 e. The Morgan fingerprint density at radius 2 is 2.00 bits per heavy atom. The lowest BCUT2D eigenvalue weighted by molar-refractivity contribution is -0.142. The van der Waals surface area contributed by atoms with Gasteiger partial charge in [0.2, 0.25) is 0 Å². The molecule has 6 heteroatoms. The van der Waals surface area contributed by atoms with E-state index >= 15 is 0 Å². The van der Waals surface area contributed by atoms with E-state index in [2.05, 4.69) is 0 Å². The molecule has 120 valence electrons. The number of carbonyl (C=O) groups is 2.